The Morgan fingerprint density at radius 1 is 1.30 bits per heavy atom. The molecule has 0 radical (unpaired) electrons. The molecular formula is C14H16F3NO5. The van der Waals surface area contributed by atoms with Crippen LogP contribution in [0.1, 0.15) is 12.5 Å². The SMILES string of the molecule is COC(CNC(=O)C(C)Oc1ccccc1C(F)(F)F)C(=O)O. The number of carbonyl (C=O) groups is 2. The number of rotatable bonds is 7. The van der Waals surface area contributed by atoms with Gasteiger partial charge in [-0.3, -0.25) is 4.79 Å². The fourth-order valence-corrected chi connectivity index (χ4v) is 1.66. The minimum atomic E-state index is -4.61. The minimum absolute atomic E-state index is 0.334. The van der Waals surface area contributed by atoms with Crippen molar-refractivity contribution in [1.82, 2.24) is 5.32 Å². The molecule has 1 aromatic rings. The molecule has 2 atom stereocenters. The molecule has 1 rings (SSSR count). The van der Waals surface area contributed by atoms with Crippen molar-refractivity contribution in [2.75, 3.05) is 13.7 Å². The summed E-state index contributed by atoms with van der Waals surface area (Å²) in [4.78, 5) is 22.5. The Hall–Kier alpha value is -2.29. The van der Waals surface area contributed by atoms with Crippen LogP contribution in [0.3, 0.4) is 0 Å². The molecule has 2 unspecified atom stereocenters. The second-order valence-corrected chi connectivity index (χ2v) is 4.56. The monoisotopic (exact) mass is 335 g/mol. The normalized spacial score (nSPS) is 14.0. The van der Waals surface area contributed by atoms with Crippen LogP contribution in [0.4, 0.5) is 13.2 Å². The third kappa shape index (κ3) is 5.44. The largest absolute Gasteiger partial charge is 0.480 e. The summed E-state index contributed by atoms with van der Waals surface area (Å²) in [6.45, 7) is 0.921. The Morgan fingerprint density at radius 2 is 1.91 bits per heavy atom. The maximum atomic E-state index is 12.8. The van der Waals surface area contributed by atoms with Crippen molar-refractivity contribution in [2.45, 2.75) is 25.3 Å². The van der Waals surface area contributed by atoms with Crippen LogP contribution in [0.2, 0.25) is 0 Å². The van der Waals surface area contributed by atoms with E-state index in [-0.39, 0.29) is 6.54 Å². The van der Waals surface area contributed by atoms with Gasteiger partial charge in [0.25, 0.3) is 5.91 Å². The van der Waals surface area contributed by atoms with Gasteiger partial charge < -0.3 is 19.9 Å². The first-order valence-electron chi connectivity index (χ1n) is 6.53. The highest BCUT2D eigenvalue weighted by atomic mass is 19.4. The van der Waals surface area contributed by atoms with Crippen LogP contribution in [0.15, 0.2) is 24.3 Å². The number of nitrogens with one attached hydrogen (secondary N) is 1. The molecule has 0 spiro atoms. The topological polar surface area (TPSA) is 84.9 Å². The van der Waals surface area contributed by atoms with Crippen molar-refractivity contribution in [2.24, 2.45) is 0 Å². The second kappa shape index (κ2) is 7.82. The van der Waals surface area contributed by atoms with E-state index >= 15 is 0 Å². The molecule has 0 heterocycles. The first kappa shape index (κ1) is 18.8. The van der Waals surface area contributed by atoms with Crippen LogP contribution in [0.25, 0.3) is 0 Å². The molecule has 2 N–H and O–H groups in total. The smallest absolute Gasteiger partial charge is 0.419 e. The van der Waals surface area contributed by atoms with Crippen molar-refractivity contribution < 1.29 is 37.3 Å². The maximum Gasteiger partial charge on any atom is 0.419 e. The van der Waals surface area contributed by atoms with Crippen molar-refractivity contribution in [3.8, 4) is 5.75 Å². The van der Waals surface area contributed by atoms with Gasteiger partial charge in [-0.15, -0.1) is 0 Å². The van der Waals surface area contributed by atoms with Gasteiger partial charge in [0.1, 0.15) is 5.75 Å². The Bertz CT molecular complexity index is 562. The number of carboxylic acids is 1. The number of para-hydroxylation sites is 1. The molecule has 6 nitrogen and oxygen atoms in total. The van der Waals surface area contributed by atoms with Crippen LogP contribution in [0, 0.1) is 0 Å². The molecule has 0 aromatic heterocycles. The predicted molar refractivity (Wildman–Crippen MR) is 73.0 cm³/mol. The third-order valence-electron chi connectivity index (χ3n) is 2.89. The summed E-state index contributed by atoms with van der Waals surface area (Å²) < 4.78 is 48.1. The Morgan fingerprint density at radius 3 is 2.43 bits per heavy atom. The average Bonchev–Trinajstić information content (AvgIpc) is 2.46. The van der Waals surface area contributed by atoms with Crippen molar-refractivity contribution >= 4 is 11.9 Å². The predicted octanol–water partition coefficient (Wildman–Crippen LogP) is 1.69. The summed E-state index contributed by atoms with van der Waals surface area (Å²) in [6.07, 6.45) is -7.12. The third-order valence-corrected chi connectivity index (χ3v) is 2.89. The van der Waals surface area contributed by atoms with E-state index in [0.717, 1.165) is 19.2 Å². The molecule has 0 saturated carbocycles. The lowest BCUT2D eigenvalue weighted by Crippen LogP contribution is -2.43. The van der Waals surface area contributed by atoms with E-state index in [1.165, 1.54) is 19.1 Å². The molecule has 0 saturated heterocycles. The quantitative estimate of drug-likeness (QED) is 0.792. The Kier molecular flexibility index (Phi) is 6.38. The summed E-state index contributed by atoms with van der Waals surface area (Å²) in [7, 11) is 1.16. The van der Waals surface area contributed by atoms with Gasteiger partial charge in [-0.2, -0.15) is 13.2 Å². The molecule has 23 heavy (non-hydrogen) atoms. The molecule has 0 aliphatic rings. The van der Waals surface area contributed by atoms with Gasteiger partial charge in [-0.05, 0) is 19.1 Å². The summed E-state index contributed by atoms with van der Waals surface area (Å²) in [5, 5.41) is 11.0. The second-order valence-electron chi connectivity index (χ2n) is 4.56. The van der Waals surface area contributed by atoms with Crippen LogP contribution >= 0.6 is 0 Å². The van der Waals surface area contributed by atoms with Gasteiger partial charge in [-0.25, -0.2) is 4.79 Å². The van der Waals surface area contributed by atoms with Gasteiger partial charge in [0, 0.05) is 7.11 Å². The van der Waals surface area contributed by atoms with Crippen LogP contribution < -0.4 is 10.1 Å². The Balaban J connectivity index is 2.71. The van der Waals surface area contributed by atoms with Crippen LogP contribution in [-0.2, 0) is 20.5 Å². The molecule has 0 aliphatic heterocycles. The number of hydrogen-bond acceptors (Lipinski definition) is 4. The highest BCUT2D eigenvalue weighted by Crippen LogP contribution is 2.36. The van der Waals surface area contributed by atoms with E-state index in [0.29, 0.717) is 0 Å². The number of halogens is 3. The maximum absolute atomic E-state index is 12.8. The lowest BCUT2D eigenvalue weighted by Gasteiger charge is -2.19. The van der Waals surface area contributed by atoms with Gasteiger partial charge in [0.2, 0.25) is 0 Å². The standard InChI is InChI=1S/C14H16F3NO5/c1-8(12(19)18-7-11(22-2)13(20)21)23-10-6-4-3-5-9(10)14(15,16)17/h3-6,8,11H,7H2,1-2H3,(H,18,19)(H,20,21). The van der Waals surface area contributed by atoms with Crippen LogP contribution in [-0.4, -0.2) is 42.8 Å². The van der Waals surface area contributed by atoms with E-state index in [4.69, 9.17) is 9.84 Å². The van der Waals surface area contributed by atoms with E-state index in [1.807, 2.05) is 0 Å². The number of amides is 1. The molecule has 128 valence electrons. The van der Waals surface area contributed by atoms with Gasteiger partial charge >= 0.3 is 12.1 Å². The number of carbonyl (C=O) groups excluding carboxylic acids is 1. The lowest BCUT2D eigenvalue weighted by molar-refractivity contribution is -0.148. The lowest BCUT2D eigenvalue weighted by atomic mass is 10.2. The first-order valence-corrected chi connectivity index (χ1v) is 6.53. The van der Waals surface area contributed by atoms with E-state index in [1.54, 1.807) is 0 Å². The highest BCUT2D eigenvalue weighted by molar-refractivity contribution is 5.81. The summed E-state index contributed by atoms with van der Waals surface area (Å²) in [5.41, 5.74) is -1.00. The number of aliphatic carboxylic acids is 1. The number of carboxylic acid groups (broad SMARTS) is 1. The first-order chi connectivity index (χ1) is 10.7. The zero-order valence-corrected chi connectivity index (χ0v) is 12.4. The zero-order chi connectivity index (χ0) is 17.6. The number of hydrogen-bond donors (Lipinski definition) is 2. The fourth-order valence-electron chi connectivity index (χ4n) is 1.66. The number of methoxy groups -OCH3 is 1. The minimum Gasteiger partial charge on any atom is -0.480 e. The van der Waals surface area contributed by atoms with Gasteiger partial charge in [-0.1, -0.05) is 12.1 Å². The summed E-state index contributed by atoms with van der Waals surface area (Å²) in [6, 6.07) is 4.49. The number of alkyl halides is 3. The highest BCUT2D eigenvalue weighted by Gasteiger charge is 2.34. The molecule has 0 aliphatic carbocycles. The molecule has 1 aromatic carbocycles. The van der Waals surface area contributed by atoms with Crippen molar-refractivity contribution in [1.29, 1.82) is 0 Å². The van der Waals surface area contributed by atoms with E-state index in [9.17, 15) is 22.8 Å². The zero-order valence-electron chi connectivity index (χ0n) is 12.4. The molecule has 0 bridgehead atoms. The van der Waals surface area contributed by atoms with Gasteiger partial charge in [0.15, 0.2) is 12.2 Å². The number of ether oxygens (including phenoxy) is 2. The molecule has 1 amide bonds. The van der Waals surface area contributed by atoms with Crippen molar-refractivity contribution in [3.05, 3.63) is 29.8 Å². The fraction of sp³-hybridized carbons (Fsp3) is 0.429. The molecule has 9 heteroatoms. The van der Waals surface area contributed by atoms with E-state index < -0.39 is 41.6 Å². The molecular weight excluding hydrogens is 319 g/mol. The van der Waals surface area contributed by atoms with Crippen LogP contribution in [0.5, 0.6) is 5.75 Å². The summed E-state index contributed by atoms with van der Waals surface area (Å²) >= 11 is 0. The number of benzene rings is 1. The summed E-state index contributed by atoms with van der Waals surface area (Å²) in [5.74, 6) is -2.52. The molecule has 0 fully saturated rings. The Labute approximate surface area is 130 Å². The van der Waals surface area contributed by atoms with Gasteiger partial charge in [0.05, 0.1) is 12.1 Å². The van der Waals surface area contributed by atoms with Crippen molar-refractivity contribution in [3.63, 3.8) is 0 Å². The van der Waals surface area contributed by atoms with E-state index in [2.05, 4.69) is 10.1 Å². The average molecular weight is 335 g/mol.